The second-order valence-corrected chi connectivity index (χ2v) is 5.06. The van der Waals surface area contributed by atoms with Gasteiger partial charge in [0.15, 0.2) is 0 Å². The van der Waals surface area contributed by atoms with Gasteiger partial charge in [0.05, 0.1) is 12.9 Å². The van der Waals surface area contributed by atoms with Crippen LogP contribution in [0.2, 0.25) is 0 Å². The molecular weight excluding hydrogens is 234 g/mol. The Bertz CT molecular complexity index is 379. The summed E-state index contributed by atoms with van der Waals surface area (Å²) in [4.78, 5) is 11.3. The maximum absolute atomic E-state index is 11.3. The van der Waals surface area contributed by atoms with E-state index in [1.165, 1.54) is 0 Å². The highest BCUT2D eigenvalue weighted by molar-refractivity contribution is 5.67. The van der Waals surface area contributed by atoms with Crippen molar-refractivity contribution in [2.24, 2.45) is 0 Å². The molecule has 1 aromatic heterocycles. The summed E-state index contributed by atoms with van der Waals surface area (Å²) in [7, 11) is 0. The number of aliphatic hydroxyl groups is 1. The third kappa shape index (κ3) is 5.23. The monoisotopic (exact) mass is 255 g/mol. The van der Waals surface area contributed by atoms with Gasteiger partial charge in [-0.3, -0.25) is 0 Å². The molecule has 5 heteroatoms. The Kier molecular flexibility index (Phi) is 5.22. The zero-order valence-corrected chi connectivity index (χ0v) is 11.2. The SMILES string of the molecule is CC(C)(C)OC(=O)NCCCc1occc1CO. The van der Waals surface area contributed by atoms with Crippen LogP contribution in [0.1, 0.15) is 38.5 Å². The fraction of sp³-hybridized carbons (Fsp3) is 0.615. The number of hydrogen-bond donors (Lipinski definition) is 2. The Morgan fingerprint density at radius 3 is 2.83 bits per heavy atom. The first kappa shape index (κ1) is 14.6. The quantitative estimate of drug-likeness (QED) is 0.791. The summed E-state index contributed by atoms with van der Waals surface area (Å²) in [5.41, 5.74) is 0.321. The highest BCUT2D eigenvalue weighted by atomic mass is 16.6. The lowest BCUT2D eigenvalue weighted by Gasteiger charge is -2.19. The Balaban J connectivity index is 2.21. The third-order valence-electron chi connectivity index (χ3n) is 2.26. The summed E-state index contributed by atoms with van der Waals surface area (Å²) in [6.07, 6.45) is 2.56. The topological polar surface area (TPSA) is 71.7 Å². The third-order valence-corrected chi connectivity index (χ3v) is 2.26. The molecule has 0 aliphatic heterocycles. The molecule has 102 valence electrons. The number of hydrogen-bond acceptors (Lipinski definition) is 4. The van der Waals surface area contributed by atoms with E-state index in [9.17, 15) is 4.79 Å². The fourth-order valence-electron chi connectivity index (χ4n) is 1.48. The average Bonchev–Trinajstić information content (AvgIpc) is 2.69. The summed E-state index contributed by atoms with van der Waals surface area (Å²) >= 11 is 0. The molecule has 0 unspecified atom stereocenters. The number of carbonyl (C=O) groups is 1. The molecule has 0 radical (unpaired) electrons. The lowest BCUT2D eigenvalue weighted by Crippen LogP contribution is -2.33. The molecule has 1 amide bonds. The zero-order chi connectivity index (χ0) is 13.6. The number of aliphatic hydroxyl groups excluding tert-OH is 1. The maximum atomic E-state index is 11.3. The van der Waals surface area contributed by atoms with E-state index in [-0.39, 0.29) is 6.61 Å². The summed E-state index contributed by atoms with van der Waals surface area (Å²) < 4.78 is 10.3. The van der Waals surface area contributed by atoms with E-state index < -0.39 is 11.7 Å². The van der Waals surface area contributed by atoms with Crippen LogP contribution in [0, 0.1) is 0 Å². The molecule has 5 nitrogen and oxygen atoms in total. The molecule has 0 spiro atoms. The molecule has 0 aliphatic carbocycles. The van der Waals surface area contributed by atoms with Crippen molar-refractivity contribution in [3.63, 3.8) is 0 Å². The lowest BCUT2D eigenvalue weighted by molar-refractivity contribution is 0.0527. The Labute approximate surface area is 107 Å². The van der Waals surface area contributed by atoms with E-state index in [1.54, 1.807) is 12.3 Å². The standard InChI is InChI=1S/C13H21NO4/c1-13(2,3)18-12(16)14-7-4-5-11-10(9-15)6-8-17-11/h6,8,15H,4-5,7,9H2,1-3H3,(H,14,16). The minimum Gasteiger partial charge on any atom is -0.469 e. The molecule has 0 aliphatic rings. The Morgan fingerprint density at radius 2 is 2.22 bits per heavy atom. The summed E-state index contributed by atoms with van der Waals surface area (Å²) in [5, 5.41) is 11.7. The summed E-state index contributed by atoms with van der Waals surface area (Å²) in [5.74, 6) is 0.767. The van der Waals surface area contributed by atoms with Crippen LogP contribution in [0.25, 0.3) is 0 Å². The van der Waals surface area contributed by atoms with Gasteiger partial charge in [0.25, 0.3) is 0 Å². The van der Waals surface area contributed by atoms with Gasteiger partial charge in [-0.1, -0.05) is 0 Å². The van der Waals surface area contributed by atoms with Gasteiger partial charge in [-0.15, -0.1) is 0 Å². The van der Waals surface area contributed by atoms with Gasteiger partial charge in [0.2, 0.25) is 0 Å². The van der Waals surface area contributed by atoms with Crippen LogP contribution < -0.4 is 5.32 Å². The first-order chi connectivity index (χ1) is 8.42. The normalized spacial score (nSPS) is 11.3. The van der Waals surface area contributed by atoms with E-state index in [1.807, 2.05) is 20.8 Å². The second-order valence-electron chi connectivity index (χ2n) is 5.06. The number of nitrogens with one attached hydrogen (secondary N) is 1. The van der Waals surface area contributed by atoms with Gasteiger partial charge in [-0.05, 0) is 33.3 Å². The molecule has 0 atom stereocenters. The van der Waals surface area contributed by atoms with Crippen molar-refractivity contribution in [2.45, 2.75) is 45.8 Å². The minimum absolute atomic E-state index is 0.0225. The van der Waals surface area contributed by atoms with E-state index >= 15 is 0 Å². The lowest BCUT2D eigenvalue weighted by atomic mass is 10.2. The number of aryl methyl sites for hydroxylation is 1. The first-order valence-electron chi connectivity index (χ1n) is 6.05. The van der Waals surface area contributed by atoms with Crippen LogP contribution in [0.4, 0.5) is 4.79 Å². The molecule has 0 aromatic carbocycles. The number of carbonyl (C=O) groups excluding carboxylic acids is 1. The molecule has 1 rings (SSSR count). The van der Waals surface area contributed by atoms with E-state index in [2.05, 4.69) is 5.32 Å². The predicted octanol–water partition coefficient (Wildman–Crippen LogP) is 2.23. The number of furan rings is 1. The van der Waals surface area contributed by atoms with Gasteiger partial charge in [-0.25, -0.2) is 4.79 Å². The maximum Gasteiger partial charge on any atom is 0.407 e. The Morgan fingerprint density at radius 1 is 1.50 bits per heavy atom. The van der Waals surface area contributed by atoms with Crippen molar-refractivity contribution in [1.82, 2.24) is 5.32 Å². The molecule has 0 saturated heterocycles. The van der Waals surface area contributed by atoms with Crippen molar-refractivity contribution < 1.29 is 19.1 Å². The van der Waals surface area contributed by atoms with Crippen LogP contribution in [-0.4, -0.2) is 23.3 Å². The molecule has 0 saturated carbocycles. The van der Waals surface area contributed by atoms with Gasteiger partial charge in [0.1, 0.15) is 11.4 Å². The molecule has 2 N–H and O–H groups in total. The number of alkyl carbamates (subject to hydrolysis) is 1. The predicted molar refractivity (Wildman–Crippen MR) is 67.2 cm³/mol. The van der Waals surface area contributed by atoms with Crippen molar-refractivity contribution >= 4 is 6.09 Å². The van der Waals surface area contributed by atoms with Gasteiger partial charge in [0, 0.05) is 18.5 Å². The highest BCUT2D eigenvalue weighted by Gasteiger charge is 2.15. The van der Waals surface area contributed by atoms with Crippen LogP contribution >= 0.6 is 0 Å². The molecular formula is C13H21NO4. The van der Waals surface area contributed by atoms with Crippen molar-refractivity contribution in [1.29, 1.82) is 0 Å². The molecule has 0 fully saturated rings. The number of ether oxygens (including phenoxy) is 1. The van der Waals surface area contributed by atoms with Crippen LogP contribution in [0.5, 0.6) is 0 Å². The van der Waals surface area contributed by atoms with Crippen LogP contribution in [0.15, 0.2) is 16.7 Å². The number of rotatable bonds is 5. The van der Waals surface area contributed by atoms with Gasteiger partial charge in [-0.2, -0.15) is 0 Å². The largest absolute Gasteiger partial charge is 0.469 e. The fourth-order valence-corrected chi connectivity index (χ4v) is 1.48. The van der Waals surface area contributed by atoms with Gasteiger partial charge >= 0.3 is 6.09 Å². The minimum atomic E-state index is -0.477. The molecule has 0 bridgehead atoms. The van der Waals surface area contributed by atoms with E-state index in [0.29, 0.717) is 13.0 Å². The second kappa shape index (κ2) is 6.44. The zero-order valence-electron chi connectivity index (χ0n) is 11.2. The van der Waals surface area contributed by atoms with Crippen molar-refractivity contribution in [3.05, 3.63) is 23.7 Å². The summed E-state index contributed by atoms with van der Waals surface area (Å²) in [6, 6.07) is 1.75. The van der Waals surface area contributed by atoms with Gasteiger partial charge < -0.3 is 19.6 Å². The van der Waals surface area contributed by atoms with Crippen molar-refractivity contribution in [3.8, 4) is 0 Å². The first-order valence-corrected chi connectivity index (χ1v) is 6.05. The summed E-state index contributed by atoms with van der Waals surface area (Å²) in [6.45, 7) is 5.96. The molecule has 1 heterocycles. The van der Waals surface area contributed by atoms with E-state index in [0.717, 1.165) is 17.7 Å². The Hall–Kier alpha value is -1.49. The van der Waals surface area contributed by atoms with E-state index in [4.69, 9.17) is 14.3 Å². The smallest absolute Gasteiger partial charge is 0.407 e. The van der Waals surface area contributed by atoms with Crippen LogP contribution in [0.3, 0.4) is 0 Å². The average molecular weight is 255 g/mol. The van der Waals surface area contributed by atoms with Crippen LogP contribution in [-0.2, 0) is 17.8 Å². The van der Waals surface area contributed by atoms with Crippen molar-refractivity contribution in [2.75, 3.05) is 6.54 Å². The molecule has 1 aromatic rings. The highest BCUT2D eigenvalue weighted by Crippen LogP contribution is 2.12. The number of amides is 1. The molecule has 18 heavy (non-hydrogen) atoms.